The summed E-state index contributed by atoms with van der Waals surface area (Å²) in [6.45, 7) is 1.61. The second kappa shape index (κ2) is 8.86. The lowest BCUT2D eigenvalue weighted by Gasteiger charge is -2.24. The van der Waals surface area contributed by atoms with E-state index in [1.165, 1.54) is 7.05 Å². The summed E-state index contributed by atoms with van der Waals surface area (Å²) in [5.41, 5.74) is 1.02. The number of methoxy groups -OCH3 is 1. The molecule has 2 heterocycles. The topological polar surface area (TPSA) is 127 Å². The largest absolute Gasteiger partial charge is 0.497 e. The highest BCUT2D eigenvalue weighted by atomic mass is 32.2. The Morgan fingerprint density at radius 3 is 2.90 bits per heavy atom. The lowest BCUT2D eigenvalue weighted by atomic mass is 9.97. The summed E-state index contributed by atoms with van der Waals surface area (Å²) in [5.74, 6) is -0.302. The van der Waals surface area contributed by atoms with Gasteiger partial charge < -0.3 is 14.5 Å². The molecule has 1 aromatic heterocycles. The van der Waals surface area contributed by atoms with Gasteiger partial charge in [0.05, 0.1) is 18.8 Å². The molecule has 0 bridgehead atoms. The van der Waals surface area contributed by atoms with Crippen molar-refractivity contribution in [1.29, 1.82) is 0 Å². The molecule has 10 nitrogen and oxygen atoms in total. The van der Waals surface area contributed by atoms with Crippen molar-refractivity contribution in [2.75, 3.05) is 25.2 Å². The zero-order chi connectivity index (χ0) is 21.0. The van der Waals surface area contributed by atoms with Gasteiger partial charge in [-0.05, 0) is 19.1 Å². The van der Waals surface area contributed by atoms with Crippen LogP contribution in [-0.2, 0) is 16.0 Å². The van der Waals surface area contributed by atoms with Gasteiger partial charge in [0, 0.05) is 30.9 Å². The van der Waals surface area contributed by atoms with Crippen LogP contribution in [0.4, 0.5) is 10.5 Å². The molecular formula is C18H19N5O5S. The number of benzene rings is 1. The molecule has 1 atom stereocenters. The van der Waals surface area contributed by atoms with Crippen molar-refractivity contribution in [2.24, 2.45) is 10.9 Å². The number of nitrogens with one attached hydrogen (secondary N) is 1. The lowest BCUT2D eigenvalue weighted by molar-refractivity contribution is -0.129. The first-order chi connectivity index (χ1) is 13.9. The highest BCUT2D eigenvalue weighted by molar-refractivity contribution is 7.99. The van der Waals surface area contributed by atoms with Gasteiger partial charge in [-0.2, -0.15) is 0 Å². The predicted octanol–water partition coefficient (Wildman–Crippen LogP) is 2.02. The molecule has 0 fully saturated rings. The Labute approximate surface area is 170 Å². The van der Waals surface area contributed by atoms with Crippen molar-refractivity contribution in [2.45, 2.75) is 18.6 Å². The number of aromatic nitrogens is 2. The van der Waals surface area contributed by atoms with E-state index in [2.05, 4.69) is 20.5 Å². The Bertz CT molecular complexity index is 973. The Morgan fingerprint density at radius 2 is 2.14 bits per heavy atom. The number of carbonyl (C=O) groups is 3. The number of amides is 4. The van der Waals surface area contributed by atoms with Crippen molar-refractivity contribution < 1.29 is 23.5 Å². The third kappa shape index (κ3) is 4.99. The van der Waals surface area contributed by atoms with E-state index in [1.54, 1.807) is 38.3 Å². The van der Waals surface area contributed by atoms with Gasteiger partial charge in [0.1, 0.15) is 5.75 Å². The summed E-state index contributed by atoms with van der Waals surface area (Å²) in [7, 11) is 2.93. The third-order valence-electron chi connectivity index (χ3n) is 4.20. The van der Waals surface area contributed by atoms with Gasteiger partial charge in [-0.1, -0.05) is 17.8 Å². The van der Waals surface area contributed by atoms with Crippen LogP contribution in [0.25, 0.3) is 0 Å². The summed E-state index contributed by atoms with van der Waals surface area (Å²) >= 11 is 1.08. The van der Waals surface area contributed by atoms with Crippen LogP contribution in [0, 0.1) is 5.92 Å². The van der Waals surface area contributed by atoms with E-state index in [0.717, 1.165) is 16.7 Å². The Balaban J connectivity index is 1.55. The normalized spacial score (nSPS) is 16.6. The van der Waals surface area contributed by atoms with Crippen LogP contribution in [0.1, 0.15) is 12.8 Å². The molecule has 1 aliphatic heterocycles. The van der Waals surface area contributed by atoms with E-state index in [-0.39, 0.29) is 35.1 Å². The van der Waals surface area contributed by atoms with E-state index < -0.39 is 11.9 Å². The zero-order valence-corrected chi connectivity index (χ0v) is 16.9. The number of ether oxygens (including phenoxy) is 1. The summed E-state index contributed by atoms with van der Waals surface area (Å²) in [6.07, 6.45) is 0.134. The maximum absolute atomic E-state index is 12.3. The van der Waals surface area contributed by atoms with E-state index in [0.29, 0.717) is 17.1 Å². The first-order valence-electron chi connectivity index (χ1n) is 8.63. The van der Waals surface area contributed by atoms with E-state index in [4.69, 9.17) is 9.15 Å². The fourth-order valence-corrected chi connectivity index (χ4v) is 3.20. The van der Waals surface area contributed by atoms with E-state index in [1.807, 2.05) is 0 Å². The Morgan fingerprint density at radius 1 is 1.34 bits per heavy atom. The monoisotopic (exact) mass is 417 g/mol. The third-order valence-corrected chi connectivity index (χ3v) is 5.02. The molecule has 0 saturated carbocycles. The molecular weight excluding hydrogens is 398 g/mol. The molecule has 1 aliphatic rings. The standard InChI is InChI=1S/C18H19N5O5S/c1-10-13(16(25)23(2)17(26)19-10)8-15-21-22-18(28-15)29-9-14(24)20-11-5-4-6-12(7-11)27-3/h4-7,13H,8-9H2,1-3H3,(H,20,24). The van der Waals surface area contributed by atoms with Gasteiger partial charge in [0.15, 0.2) is 0 Å². The molecule has 0 spiro atoms. The van der Waals surface area contributed by atoms with Crippen LogP contribution >= 0.6 is 11.8 Å². The number of nitrogens with zero attached hydrogens (tertiary/aromatic N) is 4. The van der Waals surface area contributed by atoms with E-state index >= 15 is 0 Å². The summed E-state index contributed by atoms with van der Waals surface area (Å²) in [5, 5.41) is 10.8. The number of carbonyl (C=O) groups excluding carboxylic acids is 3. The summed E-state index contributed by atoms with van der Waals surface area (Å²) in [4.78, 5) is 40.7. The molecule has 152 valence electrons. The second-order valence-electron chi connectivity index (χ2n) is 6.22. The Kier molecular flexibility index (Phi) is 6.27. The highest BCUT2D eigenvalue weighted by Gasteiger charge is 2.34. The molecule has 1 aromatic carbocycles. The van der Waals surface area contributed by atoms with Crippen LogP contribution in [-0.4, -0.2) is 58.6 Å². The second-order valence-corrected chi connectivity index (χ2v) is 7.15. The highest BCUT2D eigenvalue weighted by Crippen LogP contribution is 2.22. The number of anilines is 1. The summed E-state index contributed by atoms with van der Waals surface area (Å²) in [6, 6.07) is 6.42. The number of urea groups is 1. The number of thioether (sulfide) groups is 1. The first kappa shape index (κ1) is 20.5. The fourth-order valence-electron chi connectivity index (χ4n) is 2.62. The molecule has 11 heteroatoms. The fraction of sp³-hybridized carbons (Fsp3) is 0.333. The average molecular weight is 417 g/mol. The number of hydrogen-bond donors (Lipinski definition) is 1. The molecule has 1 unspecified atom stereocenters. The molecule has 2 aromatic rings. The minimum absolute atomic E-state index is 0.0684. The number of aliphatic imine (C=N–C) groups is 1. The lowest BCUT2D eigenvalue weighted by Crippen LogP contribution is -2.44. The van der Waals surface area contributed by atoms with Gasteiger partial charge in [-0.3, -0.25) is 14.5 Å². The van der Waals surface area contributed by atoms with Crippen LogP contribution < -0.4 is 10.1 Å². The average Bonchev–Trinajstić information content (AvgIpc) is 3.16. The molecule has 1 N–H and O–H groups in total. The molecule has 0 aliphatic carbocycles. The molecule has 29 heavy (non-hydrogen) atoms. The number of imide groups is 1. The van der Waals surface area contributed by atoms with E-state index in [9.17, 15) is 14.4 Å². The Hall–Kier alpha value is -3.21. The van der Waals surface area contributed by atoms with Crippen molar-refractivity contribution in [3.05, 3.63) is 30.2 Å². The number of rotatable bonds is 7. The minimum Gasteiger partial charge on any atom is -0.497 e. The van der Waals surface area contributed by atoms with Gasteiger partial charge in [0.2, 0.25) is 17.7 Å². The predicted molar refractivity (Wildman–Crippen MR) is 105 cm³/mol. The minimum atomic E-state index is -0.632. The van der Waals surface area contributed by atoms with Crippen LogP contribution in [0.5, 0.6) is 5.75 Å². The number of hydrogen-bond acceptors (Lipinski definition) is 8. The van der Waals surface area contributed by atoms with Gasteiger partial charge in [0.25, 0.3) is 5.22 Å². The van der Waals surface area contributed by atoms with Crippen LogP contribution in [0.15, 0.2) is 38.9 Å². The summed E-state index contributed by atoms with van der Waals surface area (Å²) < 4.78 is 10.6. The smallest absolute Gasteiger partial charge is 0.349 e. The van der Waals surface area contributed by atoms with Gasteiger partial charge in [-0.15, -0.1) is 10.2 Å². The van der Waals surface area contributed by atoms with Crippen molar-refractivity contribution >= 4 is 41.0 Å². The molecule has 0 saturated heterocycles. The molecule has 3 rings (SSSR count). The van der Waals surface area contributed by atoms with Crippen molar-refractivity contribution in [3.63, 3.8) is 0 Å². The van der Waals surface area contributed by atoms with Gasteiger partial charge in [-0.25, -0.2) is 9.79 Å². The quantitative estimate of drug-likeness (QED) is 0.678. The maximum Gasteiger partial charge on any atom is 0.349 e. The zero-order valence-electron chi connectivity index (χ0n) is 16.0. The molecule has 4 amide bonds. The van der Waals surface area contributed by atoms with Crippen molar-refractivity contribution in [3.8, 4) is 5.75 Å². The van der Waals surface area contributed by atoms with Crippen LogP contribution in [0.2, 0.25) is 0 Å². The first-order valence-corrected chi connectivity index (χ1v) is 9.61. The van der Waals surface area contributed by atoms with Gasteiger partial charge >= 0.3 is 6.03 Å². The van der Waals surface area contributed by atoms with Crippen LogP contribution in [0.3, 0.4) is 0 Å². The molecule has 0 radical (unpaired) electrons. The SMILES string of the molecule is COc1cccc(NC(=O)CSc2nnc(CC3C(=O)N(C)C(=O)N=C3C)o2)c1. The van der Waals surface area contributed by atoms with Crippen molar-refractivity contribution in [1.82, 2.24) is 15.1 Å². The maximum atomic E-state index is 12.3.